The van der Waals surface area contributed by atoms with E-state index in [1.54, 1.807) is 11.8 Å². The molecule has 0 aliphatic rings. The molecule has 0 aliphatic heterocycles. The summed E-state index contributed by atoms with van der Waals surface area (Å²) in [6, 6.07) is 18.3. The van der Waals surface area contributed by atoms with E-state index in [-0.39, 0.29) is 17.6 Å². The summed E-state index contributed by atoms with van der Waals surface area (Å²) in [5.74, 6) is 1.18. The minimum absolute atomic E-state index is 0.00115. The van der Waals surface area contributed by atoms with Crippen molar-refractivity contribution in [2.24, 2.45) is 11.8 Å². The Labute approximate surface area is 161 Å². The van der Waals surface area contributed by atoms with E-state index < -0.39 is 0 Å². The molecule has 2 nitrogen and oxygen atoms in total. The normalized spacial score (nSPS) is 12.2. The zero-order valence-electron chi connectivity index (χ0n) is 15.9. The van der Waals surface area contributed by atoms with E-state index in [2.05, 4.69) is 18.2 Å². The van der Waals surface area contributed by atoms with Crippen LogP contribution in [-0.2, 0) is 22.4 Å². The zero-order valence-corrected chi connectivity index (χ0v) is 16.7. The van der Waals surface area contributed by atoms with Crippen molar-refractivity contribution in [3.8, 4) is 0 Å². The van der Waals surface area contributed by atoms with Crippen LogP contribution >= 0.6 is 11.8 Å². The van der Waals surface area contributed by atoms with Crippen LogP contribution in [0, 0.1) is 11.8 Å². The number of benzene rings is 2. The summed E-state index contributed by atoms with van der Waals surface area (Å²) in [5, 5.41) is 0. The molecule has 1 unspecified atom stereocenters. The van der Waals surface area contributed by atoms with Crippen molar-refractivity contribution in [3.05, 3.63) is 65.7 Å². The van der Waals surface area contributed by atoms with Gasteiger partial charge in [0.05, 0.1) is 5.75 Å². The number of Topliss-reactive ketones (excluding diaryl/α,β-unsaturated/α-hetero) is 2. The van der Waals surface area contributed by atoms with E-state index in [9.17, 15) is 9.59 Å². The number of rotatable bonds is 10. The average Bonchev–Trinajstić information content (AvgIpc) is 2.65. The van der Waals surface area contributed by atoms with E-state index in [0.717, 1.165) is 17.7 Å². The lowest BCUT2D eigenvalue weighted by Gasteiger charge is -2.12. The maximum Gasteiger partial charge on any atom is 0.146 e. The number of aryl methyl sites for hydroxylation is 1. The van der Waals surface area contributed by atoms with E-state index >= 15 is 0 Å². The first-order valence-electron chi connectivity index (χ1n) is 9.26. The molecule has 1 atom stereocenters. The first-order valence-corrected chi connectivity index (χ1v) is 10.3. The van der Waals surface area contributed by atoms with Crippen LogP contribution in [0.2, 0.25) is 0 Å². The monoisotopic (exact) mass is 368 g/mol. The molecule has 0 amide bonds. The van der Waals surface area contributed by atoms with Gasteiger partial charge < -0.3 is 0 Å². The highest BCUT2D eigenvalue weighted by Gasteiger charge is 2.14. The van der Waals surface area contributed by atoms with Crippen LogP contribution < -0.4 is 0 Å². The molecule has 0 heterocycles. The molecule has 138 valence electrons. The van der Waals surface area contributed by atoms with Gasteiger partial charge in [-0.2, -0.15) is 0 Å². The molecule has 0 spiro atoms. The van der Waals surface area contributed by atoms with Gasteiger partial charge in [0.2, 0.25) is 0 Å². The molecule has 0 radical (unpaired) electrons. The summed E-state index contributed by atoms with van der Waals surface area (Å²) in [4.78, 5) is 25.4. The van der Waals surface area contributed by atoms with Gasteiger partial charge in [-0.25, -0.2) is 0 Å². The lowest BCUT2D eigenvalue weighted by atomic mass is 9.95. The van der Waals surface area contributed by atoms with Crippen LogP contribution in [-0.4, -0.2) is 17.3 Å². The SMILES string of the molecule is CC(C)C(=O)CCc1cccc(CC(C)C(=O)CSc2ccccc2)c1. The fraction of sp³-hybridized carbons (Fsp3) is 0.391. The number of hydrogen-bond donors (Lipinski definition) is 0. The van der Waals surface area contributed by atoms with Gasteiger partial charge in [-0.05, 0) is 36.1 Å². The maximum absolute atomic E-state index is 12.4. The fourth-order valence-corrected chi connectivity index (χ4v) is 3.69. The van der Waals surface area contributed by atoms with Gasteiger partial charge in [-0.15, -0.1) is 11.8 Å². The molecule has 0 saturated heterocycles. The lowest BCUT2D eigenvalue weighted by molar-refractivity contribution is -0.122. The van der Waals surface area contributed by atoms with Crippen molar-refractivity contribution in [2.75, 3.05) is 5.75 Å². The Kier molecular flexibility index (Phi) is 8.11. The van der Waals surface area contributed by atoms with Crippen LogP contribution in [0.15, 0.2) is 59.5 Å². The second-order valence-electron chi connectivity index (χ2n) is 7.11. The smallest absolute Gasteiger partial charge is 0.146 e. The predicted molar refractivity (Wildman–Crippen MR) is 110 cm³/mol. The Balaban J connectivity index is 1.85. The molecule has 0 saturated carbocycles. The summed E-state index contributed by atoms with van der Waals surface area (Å²) >= 11 is 1.60. The first-order chi connectivity index (χ1) is 12.5. The van der Waals surface area contributed by atoms with Crippen LogP contribution in [0.25, 0.3) is 0 Å². The summed E-state index contributed by atoms with van der Waals surface area (Å²) in [7, 11) is 0. The molecule has 0 aliphatic carbocycles. The summed E-state index contributed by atoms with van der Waals surface area (Å²) < 4.78 is 0. The minimum atomic E-state index is -0.00115. The van der Waals surface area contributed by atoms with Crippen molar-refractivity contribution in [2.45, 2.75) is 44.9 Å². The zero-order chi connectivity index (χ0) is 18.9. The Morgan fingerprint density at radius 2 is 1.58 bits per heavy atom. The van der Waals surface area contributed by atoms with Gasteiger partial charge in [0, 0.05) is 23.2 Å². The molecule has 0 bridgehead atoms. The number of thioether (sulfide) groups is 1. The van der Waals surface area contributed by atoms with E-state index in [0.29, 0.717) is 18.0 Å². The van der Waals surface area contributed by atoms with E-state index in [1.807, 2.05) is 57.2 Å². The van der Waals surface area contributed by atoms with Crippen molar-refractivity contribution >= 4 is 23.3 Å². The Bertz CT molecular complexity index is 722. The molecule has 0 N–H and O–H groups in total. The van der Waals surface area contributed by atoms with Crippen LogP contribution in [0.1, 0.15) is 38.3 Å². The highest BCUT2D eigenvalue weighted by atomic mass is 32.2. The standard InChI is InChI=1S/C23H28O2S/c1-17(2)22(24)13-12-19-8-7-9-20(15-19)14-18(3)23(25)16-26-21-10-5-4-6-11-21/h4-11,15,17-18H,12-14,16H2,1-3H3. The third-order valence-corrected chi connectivity index (χ3v) is 5.55. The minimum Gasteiger partial charge on any atom is -0.299 e. The lowest BCUT2D eigenvalue weighted by Crippen LogP contribution is -2.16. The van der Waals surface area contributed by atoms with Crippen LogP contribution in [0.4, 0.5) is 0 Å². The highest BCUT2D eigenvalue weighted by Crippen LogP contribution is 2.20. The number of carbonyl (C=O) groups is 2. The summed E-state index contributed by atoms with van der Waals surface area (Å²) in [6.45, 7) is 5.89. The van der Waals surface area contributed by atoms with Gasteiger partial charge in [0.25, 0.3) is 0 Å². The second-order valence-corrected chi connectivity index (χ2v) is 8.16. The van der Waals surface area contributed by atoms with Gasteiger partial charge >= 0.3 is 0 Å². The maximum atomic E-state index is 12.4. The van der Waals surface area contributed by atoms with Gasteiger partial charge in [-0.3, -0.25) is 9.59 Å². The Hall–Kier alpha value is -1.87. The quantitative estimate of drug-likeness (QED) is 0.528. The number of hydrogen-bond acceptors (Lipinski definition) is 3. The molecule has 2 aromatic carbocycles. The Morgan fingerprint density at radius 3 is 2.27 bits per heavy atom. The van der Waals surface area contributed by atoms with Crippen molar-refractivity contribution in [1.29, 1.82) is 0 Å². The molecule has 2 aromatic rings. The molecule has 3 heteroatoms. The highest BCUT2D eigenvalue weighted by molar-refractivity contribution is 8.00. The van der Waals surface area contributed by atoms with Crippen molar-refractivity contribution < 1.29 is 9.59 Å². The van der Waals surface area contributed by atoms with E-state index in [1.165, 1.54) is 11.1 Å². The van der Waals surface area contributed by atoms with Crippen molar-refractivity contribution in [3.63, 3.8) is 0 Å². The summed E-state index contributed by atoms with van der Waals surface area (Å²) in [6.07, 6.45) is 2.11. The average molecular weight is 369 g/mol. The first kappa shape index (κ1) is 20.4. The third-order valence-electron chi connectivity index (χ3n) is 4.51. The summed E-state index contributed by atoms with van der Waals surface area (Å²) in [5.41, 5.74) is 2.35. The Morgan fingerprint density at radius 1 is 0.885 bits per heavy atom. The van der Waals surface area contributed by atoms with Crippen molar-refractivity contribution in [1.82, 2.24) is 0 Å². The van der Waals surface area contributed by atoms with Crippen LogP contribution in [0.5, 0.6) is 0 Å². The van der Waals surface area contributed by atoms with Gasteiger partial charge in [0.15, 0.2) is 0 Å². The molecule has 0 aromatic heterocycles. The fourth-order valence-electron chi connectivity index (χ4n) is 2.75. The number of ketones is 2. The predicted octanol–water partition coefficient (Wildman–Crippen LogP) is 5.38. The molecular weight excluding hydrogens is 340 g/mol. The van der Waals surface area contributed by atoms with E-state index in [4.69, 9.17) is 0 Å². The van der Waals surface area contributed by atoms with Gasteiger partial charge in [0.1, 0.15) is 11.6 Å². The largest absolute Gasteiger partial charge is 0.299 e. The molecule has 0 fully saturated rings. The van der Waals surface area contributed by atoms with Crippen LogP contribution in [0.3, 0.4) is 0 Å². The van der Waals surface area contributed by atoms with Gasteiger partial charge in [-0.1, -0.05) is 63.2 Å². The molecule has 2 rings (SSSR count). The molecular formula is C23H28O2S. The third kappa shape index (κ3) is 6.80. The second kappa shape index (κ2) is 10.3. The molecule has 26 heavy (non-hydrogen) atoms. The number of carbonyl (C=O) groups excluding carboxylic acids is 2. The topological polar surface area (TPSA) is 34.1 Å².